The van der Waals surface area contributed by atoms with Gasteiger partial charge in [0.25, 0.3) is 0 Å². The van der Waals surface area contributed by atoms with Gasteiger partial charge in [0.1, 0.15) is 6.07 Å². The van der Waals surface area contributed by atoms with Gasteiger partial charge in [-0.05, 0) is 31.0 Å². The molecule has 0 bridgehead atoms. The van der Waals surface area contributed by atoms with Crippen LogP contribution in [0.15, 0.2) is 18.2 Å². The SMILES string of the molecule is N#Cc1ccc(Cl)cc1NC(=O)C1CN(S(=O)(=O)C2CC2)C1. The number of benzene rings is 1. The van der Waals surface area contributed by atoms with Crippen LogP contribution in [0.1, 0.15) is 18.4 Å². The smallest absolute Gasteiger partial charge is 0.230 e. The second-order valence-corrected chi connectivity index (χ2v) is 8.20. The first-order valence-electron chi connectivity index (χ1n) is 6.91. The Morgan fingerprint density at radius 1 is 1.36 bits per heavy atom. The lowest BCUT2D eigenvalue weighted by molar-refractivity contribution is -0.122. The van der Waals surface area contributed by atoms with E-state index in [1.807, 2.05) is 6.07 Å². The Balaban J connectivity index is 1.63. The predicted molar refractivity (Wildman–Crippen MR) is 81.8 cm³/mol. The summed E-state index contributed by atoms with van der Waals surface area (Å²) >= 11 is 5.86. The third-order valence-electron chi connectivity index (χ3n) is 3.88. The van der Waals surface area contributed by atoms with E-state index in [-0.39, 0.29) is 30.2 Å². The molecule has 1 aromatic carbocycles. The Bertz CT molecular complexity index is 762. The van der Waals surface area contributed by atoms with E-state index in [4.69, 9.17) is 16.9 Å². The maximum atomic E-state index is 12.1. The molecule has 3 rings (SSSR count). The molecule has 22 heavy (non-hydrogen) atoms. The van der Waals surface area contributed by atoms with Gasteiger partial charge in [0, 0.05) is 18.1 Å². The summed E-state index contributed by atoms with van der Waals surface area (Å²) in [5, 5.41) is 11.8. The first kappa shape index (κ1) is 15.3. The zero-order valence-electron chi connectivity index (χ0n) is 11.6. The van der Waals surface area contributed by atoms with Gasteiger partial charge in [-0.1, -0.05) is 11.6 Å². The number of rotatable bonds is 4. The van der Waals surface area contributed by atoms with Crippen molar-refractivity contribution in [3.8, 4) is 6.07 Å². The molecule has 8 heteroatoms. The van der Waals surface area contributed by atoms with Crippen LogP contribution in [0.4, 0.5) is 5.69 Å². The van der Waals surface area contributed by atoms with Gasteiger partial charge in [-0.15, -0.1) is 0 Å². The van der Waals surface area contributed by atoms with Gasteiger partial charge in [0.15, 0.2) is 0 Å². The molecule has 0 unspecified atom stereocenters. The van der Waals surface area contributed by atoms with E-state index >= 15 is 0 Å². The van der Waals surface area contributed by atoms with Crippen molar-refractivity contribution in [2.24, 2.45) is 5.92 Å². The molecule has 1 saturated heterocycles. The summed E-state index contributed by atoms with van der Waals surface area (Å²) < 4.78 is 25.3. The number of hydrogen-bond acceptors (Lipinski definition) is 4. The monoisotopic (exact) mass is 339 g/mol. The van der Waals surface area contributed by atoms with Gasteiger partial charge in [-0.3, -0.25) is 4.79 Å². The average molecular weight is 340 g/mol. The number of hydrogen-bond donors (Lipinski definition) is 1. The zero-order chi connectivity index (χ0) is 15.9. The largest absolute Gasteiger partial charge is 0.325 e. The summed E-state index contributed by atoms with van der Waals surface area (Å²) in [6.07, 6.45) is 1.42. The highest BCUT2D eigenvalue weighted by molar-refractivity contribution is 7.90. The van der Waals surface area contributed by atoms with Crippen molar-refractivity contribution in [3.63, 3.8) is 0 Å². The van der Waals surface area contributed by atoms with Gasteiger partial charge < -0.3 is 5.32 Å². The van der Waals surface area contributed by atoms with E-state index < -0.39 is 10.0 Å². The minimum atomic E-state index is -3.21. The highest BCUT2D eigenvalue weighted by Crippen LogP contribution is 2.34. The van der Waals surface area contributed by atoms with E-state index in [2.05, 4.69) is 5.32 Å². The van der Waals surface area contributed by atoms with Gasteiger partial charge in [-0.2, -0.15) is 9.57 Å². The first-order valence-corrected chi connectivity index (χ1v) is 8.79. The first-order chi connectivity index (χ1) is 10.4. The molecule has 1 saturated carbocycles. The molecule has 2 fully saturated rings. The molecule has 0 spiro atoms. The third-order valence-corrected chi connectivity index (χ3v) is 6.45. The molecular weight excluding hydrogens is 326 g/mol. The van der Waals surface area contributed by atoms with Crippen LogP contribution in [-0.2, 0) is 14.8 Å². The Morgan fingerprint density at radius 2 is 2.05 bits per heavy atom. The number of nitrogens with one attached hydrogen (secondary N) is 1. The van der Waals surface area contributed by atoms with Crippen molar-refractivity contribution >= 4 is 33.2 Å². The summed E-state index contributed by atoms with van der Waals surface area (Å²) in [5.74, 6) is -0.680. The van der Waals surface area contributed by atoms with E-state index in [9.17, 15) is 13.2 Å². The van der Waals surface area contributed by atoms with Crippen molar-refractivity contribution in [1.82, 2.24) is 4.31 Å². The Morgan fingerprint density at radius 3 is 2.64 bits per heavy atom. The lowest BCUT2D eigenvalue weighted by atomic mass is 10.0. The molecule has 0 radical (unpaired) electrons. The third kappa shape index (κ3) is 2.82. The number of nitriles is 1. The number of carbonyl (C=O) groups excluding carboxylic acids is 1. The topological polar surface area (TPSA) is 90.3 Å². The second kappa shape index (κ2) is 5.54. The molecule has 2 aliphatic rings. The fourth-order valence-corrected chi connectivity index (χ4v) is 4.44. The van der Waals surface area contributed by atoms with Crippen LogP contribution in [0, 0.1) is 17.2 Å². The Labute approximate surface area is 133 Å². The second-order valence-electron chi connectivity index (χ2n) is 5.55. The van der Waals surface area contributed by atoms with Gasteiger partial charge >= 0.3 is 0 Å². The summed E-state index contributed by atoms with van der Waals surface area (Å²) in [6, 6.07) is 6.59. The van der Waals surface area contributed by atoms with Crippen molar-refractivity contribution in [2.75, 3.05) is 18.4 Å². The molecule has 1 amide bonds. The summed E-state index contributed by atoms with van der Waals surface area (Å²) in [4.78, 5) is 12.1. The zero-order valence-corrected chi connectivity index (χ0v) is 13.2. The van der Waals surface area contributed by atoms with Crippen molar-refractivity contribution in [2.45, 2.75) is 18.1 Å². The molecule has 1 aliphatic heterocycles. The summed E-state index contributed by atoms with van der Waals surface area (Å²) in [5.41, 5.74) is 0.669. The lowest BCUT2D eigenvalue weighted by Gasteiger charge is -2.37. The van der Waals surface area contributed by atoms with Gasteiger partial charge in [0.2, 0.25) is 15.9 Å². The molecule has 1 aliphatic carbocycles. The maximum absolute atomic E-state index is 12.1. The van der Waals surface area contributed by atoms with E-state index in [1.165, 1.54) is 16.4 Å². The van der Waals surface area contributed by atoms with Crippen molar-refractivity contribution in [3.05, 3.63) is 28.8 Å². The highest BCUT2D eigenvalue weighted by atomic mass is 35.5. The molecule has 0 aromatic heterocycles. The molecule has 1 N–H and O–H groups in total. The standard InChI is InChI=1S/C14H14ClN3O3S/c15-11-2-1-9(6-16)13(5-11)17-14(19)10-7-18(8-10)22(20,21)12-3-4-12/h1-2,5,10,12H,3-4,7-8H2,(H,17,19). The average Bonchev–Trinajstić information content (AvgIpc) is 3.21. The van der Waals surface area contributed by atoms with Crippen LogP contribution in [0.5, 0.6) is 0 Å². The van der Waals surface area contributed by atoms with Crippen LogP contribution in [0.3, 0.4) is 0 Å². The van der Waals surface area contributed by atoms with Crippen LogP contribution in [-0.4, -0.2) is 37.0 Å². The van der Waals surface area contributed by atoms with Crippen molar-refractivity contribution in [1.29, 1.82) is 5.26 Å². The van der Waals surface area contributed by atoms with Gasteiger partial charge in [-0.25, -0.2) is 8.42 Å². The van der Waals surface area contributed by atoms with Crippen LogP contribution >= 0.6 is 11.6 Å². The van der Waals surface area contributed by atoms with Crippen LogP contribution in [0.2, 0.25) is 5.02 Å². The number of anilines is 1. The molecule has 0 atom stereocenters. The highest BCUT2D eigenvalue weighted by Gasteiger charge is 2.46. The van der Waals surface area contributed by atoms with Crippen LogP contribution < -0.4 is 5.32 Å². The Hall–Kier alpha value is -1.62. The molecule has 1 heterocycles. The number of amides is 1. The Kier molecular flexibility index (Phi) is 3.85. The maximum Gasteiger partial charge on any atom is 0.230 e. The normalized spacial score (nSPS) is 19.3. The lowest BCUT2D eigenvalue weighted by Crippen LogP contribution is -2.55. The number of nitrogens with zero attached hydrogens (tertiary/aromatic N) is 2. The number of sulfonamides is 1. The molecule has 116 valence electrons. The van der Waals surface area contributed by atoms with E-state index in [0.29, 0.717) is 29.1 Å². The fourth-order valence-electron chi connectivity index (χ4n) is 2.34. The fraction of sp³-hybridized carbons (Fsp3) is 0.429. The minimum absolute atomic E-state index is 0.202. The van der Waals surface area contributed by atoms with Crippen molar-refractivity contribution < 1.29 is 13.2 Å². The molecule has 1 aromatic rings. The summed E-state index contributed by atoms with van der Waals surface area (Å²) in [6.45, 7) is 0.403. The van der Waals surface area contributed by atoms with Gasteiger partial charge in [0.05, 0.1) is 22.4 Å². The van der Waals surface area contributed by atoms with Crippen LogP contribution in [0.25, 0.3) is 0 Å². The number of carbonyl (C=O) groups is 1. The molecule has 6 nitrogen and oxygen atoms in total. The predicted octanol–water partition coefficient (Wildman–Crippen LogP) is 1.57. The summed E-state index contributed by atoms with van der Waals surface area (Å²) in [7, 11) is -3.21. The van der Waals surface area contributed by atoms with E-state index in [0.717, 1.165) is 0 Å². The quantitative estimate of drug-likeness (QED) is 0.901. The van der Waals surface area contributed by atoms with E-state index in [1.54, 1.807) is 6.07 Å². The number of halogens is 1. The molecular formula is C14H14ClN3O3S. The minimum Gasteiger partial charge on any atom is -0.325 e.